The van der Waals surface area contributed by atoms with Crippen molar-refractivity contribution in [3.8, 4) is 0 Å². The molecule has 2 aromatic heterocycles. The van der Waals surface area contributed by atoms with Crippen LogP contribution >= 0.6 is 11.6 Å². The Balaban J connectivity index is 1.80. The molecule has 1 aliphatic heterocycles. The molecular weight excluding hydrogens is 262 g/mol. The van der Waals surface area contributed by atoms with E-state index in [2.05, 4.69) is 9.88 Å². The fraction of sp³-hybridized carbons (Fsp3) is 0.500. The highest BCUT2D eigenvalue weighted by Gasteiger charge is 2.22. The van der Waals surface area contributed by atoms with Crippen LogP contribution in [0.1, 0.15) is 25.0 Å². The molecule has 0 aliphatic carbocycles. The van der Waals surface area contributed by atoms with Crippen LogP contribution in [-0.2, 0) is 6.54 Å². The van der Waals surface area contributed by atoms with Gasteiger partial charge in [0.1, 0.15) is 5.65 Å². The highest BCUT2D eigenvalue weighted by Crippen LogP contribution is 2.19. The number of fused-ring (bicyclic) bond motifs is 1. The number of piperidine rings is 1. The van der Waals surface area contributed by atoms with Gasteiger partial charge in [0.05, 0.1) is 17.3 Å². The van der Waals surface area contributed by atoms with Gasteiger partial charge in [-0.25, -0.2) is 4.98 Å². The maximum absolute atomic E-state index is 9.43. The van der Waals surface area contributed by atoms with E-state index in [0.29, 0.717) is 5.02 Å². The molecule has 1 atom stereocenters. The van der Waals surface area contributed by atoms with Crippen LogP contribution < -0.4 is 0 Å². The topological polar surface area (TPSA) is 40.8 Å². The number of halogens is 1. The molecule has 4 nitrogen and oxygen atoms in total. The molecular formula is C14H18ClN3O. The van der Waals surface area contributed by atoms with Crippen LogP contribution in [0.4, 0.5) is 0 Å². The first-order valence-electron chi connectivity index (χ1n) is 6.74. The zero-order valence-electron chi connectivity index (χ0n) is 10.8. The van der Waals surface area contributed by atoms with Crippen molar-refractivity contribution in [2.75, 3.05) is 13.2 Å². The van der Waals surface area contributed by atoms with Crippen molar-refractivity contribution in [3.05, 3.63) is 35.2 Å². The van der Waals surface area contributed by atoms with Crippen molar-refractivity contribution in [1.29, 1.82) is 0 Å². The van der Waals surface area contributed by atoms with Crippen molar-refractivity contribution in [2.45, 2.75) is 31.8 Å². The Kier molecular flexibility index (Phi) is 3.73. The fourth-order valence-corrected chi connectivity index (χ4v) is 2.94. The third kappa shape index (κ3) is 2.76. The van der Waals surface area contributed by atoms with Crippen molar-refractivity contribution in [2.24, 2.45) is 0 Å². The van der Waals surface area contributed by atoms with E-state index in [4.69, 9.17) is 11.6 Å². The summed E-state index contributed by atoms with van der Waals surface area (Å²) in [5.41, 5.74) is 1.94. The number of hydrogen-bond donors (Lipinski definition) is 1. The number of imidazole rings is 1. The predicted molar refractivity (Wildman–Crippen MR) is 75.3 cm³/mol. The van der Waals surface area contributed by atoms with Gasteiger partial charge in [0.15, 0.2) is 0 Å². The molecule has 1 saturated heterocycles. The van der Waals surface area contributed by atoms with Gasteiger partial charge in [0.25, 0.3) is 0 Å². The molecule has 2 aromatic rings. The lowest BCUT2D eigenvalue weighted by atomic mass is 10.0. The highest BCUT2D eigenvalue weighted by atomic mass is 35.5. The predicted octanol–water partition coefficient (Wildman–Crippen LogP) is 2.33. The standard InChI is InChI=1S/C14H18ClN3O/c15-11-4-5-14-16-12(9-18(14)7-11)8-17-6-2-1-3-13(17)10-19/h4-5,7,9,13,19H,1-3,6,8,10H2. The quantitative estimate of drug-likeness (QED) is 0.938. The molecule has 1 fully saturated rings. The molecule has 1 N–H and O–H groups in total. The van der Waals surface area contributed by atoms with E-state index in [-0.39, 0.29) is 12.6 Å². The number of rotatable bonds is 3. The summed E-state index contributed by atoms with van der Waals surface area (Å²) >= 11 is 5.97. The molecule has 0 spiro atoms. The summed E-state index contributed by atoms with van der Waals surface area (Å²) < 4.78 is 1.95. The fourth-order valence-electron chi connectivity index (χ4n) is 2.78. The van der Waals surface area contributed by atoms with E-state index < -0.39 is 0 Å². The van der Waals surface area contributed by atoms with E-state index in [9.17, 15) is 5.11 Å². The van der Waals surface area contributed by atoms with E-state index in [1.807, 2.05) is 28.9 Å². The van der Waals surface area contributed by atoms with Gasteiger partial charge in [-0.05, 0) is 31.5 Å². The molecule has 0 bridgehead atoms. The van der Waals surface area contributed by atoms with Gasteiger partial charge in [-0.3, -0.25) is 4.90 Å². The summed E-state index contributed by atoms with van der Waals surface area (Å²) in [4.78, 5) is 6.92. The maximum Gasteiger partial charge on any atom is 0.137 e. The van der Waals surface area contributed by atoms with E-state index >= 15 is 0 Å². The number of aliphatic hydroxyl groups is 1. The van der Waals surface area contributed by atoms with Crippen LogP contribution in [0.2, 0.25) is 5.02 Å². The molecule has 1 aliphatic rings. The van der Waals surface area contributed by atoms with Crippen molar-refractivity contribution < 1.29 is 5.11 Å². The Morgan fingerprint density at radius 1 is 1.32 bits per heavy atom. The van der Waals surface area contributed by atoms with Crippen LogP contribution in [0.5, 0.6) is 0 Å². The van der Waals surface area contributed by atoms with E-state index in [0.717, 1.165) is 30.9 Å². The van der Waals surface area contributed by atoms with Gasteiger partial charge < -0.3 is 9.51 Å². The van der Waals surface area contributed by atoms with Crippen LogP contribution in [0, 0.1) is 0 Å². The summed E-state index contributed by atoms with van der Waals surface area (Å²) in [6.45, 7) is 2.07. The van der Waals surface area contributed by atoms with Crippen LogP contribution in [0.3, 0.4) is 0 Å². The molecule has 19 heavy (non-hydrogen) atoms. The van der Waals surface area contributed by atoms with Crippen molar-refractivity contribution in [3.63, 3.8) is 0 Å². The van der Waals surface area contributed by atoms with Gasteiger partial charge in [-0.15, -0.1) is 0 Å². The van der Waals surface area contributed by atoms with Gasteiger partial charge in [0, 0.05) is 25.0 Å². The highest BCUT2D eigenvalue weighted by molar-refractivity contribution is 6.30. The minimum absolute atomic E-state index is 0.235. The normalized spacial score (nSPS) is 21.1. The second kappa shape index (κ2) is 5.49. The summed E-state index contributed by atoms with van der Waals surface area (Å²) in [6, 6.07) is 4.05. The number of hydrogen-bond acceptors (Lipinski definition) is 3. The molecule has 102 valence electrons. The molecule has 5 heteroatoms. The molecule has 0 amide bonds. The number of aliphatic hydroxyl groups excluding tert-OH is 1. The smallest absolute Gasteiger partial charge is 0.137 e. The molecule has 0 saturated carbocycles. The maximum atomic E-state index is 9.43. The first kappa shape index (κ1) is 12.9. The molecule has 0 aromatic carbocycles. The summed E-state index contributed by atoms with van der Waals surface area (Å²) in [5, 5.41) is 10.1. The second-order valence-electron chi connectivity index (χ2n) is 5.15. The number of nitrogens with zero attached hydrogens (tertiary/aromatic N) is 3. The monoisotopic (exact) mass is 279 g/mol. The molecule has 3 heterocycles. The minimum Gasteiger partial charge on any atom is -0.395 e. The van der Waals surface area contributed by atoms with Crippen molar-refractivity contribution in [1.82, 2.24) is 14.3 Å². The van der Waals surface area contributed by atoms with Crippen LogP contribution in [0.25, 0.3) is 5.65 Å². The van der Waals surface area contributed by atoms with Gasteiger partial charge in [-0.1, -0.05) is 18.0 Å². The average Bonchev–Trinajstić information content (AvgIpc) is 2.80. The molecule has 1 unspecified atom stereocenters. The minimum atomic E-state index is 0.235. The third-order valence-corrected chi connectivity index (χ3v) is 4.01. The molecule has 0 radical (unpaired) electrons. The summed E-state index contributed by atoms with van der Waals surface area (Å²) in [7, 11) is 0. The Bertz CT molecular complexity index is 569. The zero-order valence-corrected chi connectivity index (χ0v) is 11.6. The number of pyridine rings is 1. The van der Waals surface area contributed by atoms with E-state index in [1.165, 1.54) is 12.8 Å². The summed E-state index contributed by atoms with van der Waals surface area (Å²) in [6.07, 6.45) is 7.38. The second-order valence-corrected chi connectivity index (χ2v) is 5.58. The van der Waals surface area contributed by atoms with Crippen molar-refractivity contribution >= 4 is 17.2 Å². The SMILES string of the molecule is OCC1CCCCN1Cc1cn2cc(Cl)ccc2n1. The van der Waals surface area contributed by atoms with Gasteiger partial charge in [-0.2, -0.15) is 0 Å². The average molecular weight is 280 g/mol. The molecule has 3 rings (SSSR count). The van der Waals surface area contributed by atoms with Gasteiger partial charge in [0.2, 0.25) is 0 Å². The lowest BCUT2D eigenvalue weighted by Gasteiger charge is -2.33. The Labute approximate surface area is 117 Å². The third-order valence-electron chi connectivity index (χ3n) is 3.79. The Hall–Kier alpha value is -1.10. The largest absolute Gasteiger partial charge is 0.395 e. The van der Waals surface area contributed by atoms with Crippen LogP contribution in [0.15, 0.2) is 24.5 Å². The van der Waals surface area contributed by atoms with Crippen LogP contribution in [-0.4, -0.2) is 38.6 Å². The zero-order chi connectivity index (χ0) is 13.2. The van der Waals surface area contributed by atoms with E-state index in [1.54, 1.807) is 0 Å². The number of aromatic nitrogens is 2. The Morgan fingerprint density at radius 2 is 2.21 bits per heavy atom. The first-order chi connectivity index (χ1) is 9.26. The summed E-state index contributed by atoms with van der Waals surface area (Å²) in [5.74, 6) is 0. The lowest BCUT2D eigenvalue weighted by Crippen LogP contribution is -2.41. The lowest BCUT2D eigenvalue weighted by molar-refractivity contribution is 0.0832. The first-order valence-corrected chi connectivity index (χ1v) is 7.12. The number of likely N-dealkylation sites (tertiary alicyclic amines) is 1. The van der Waals surface area contributed by atoms with Gasteiger partial charge >= 0.3 is 0 Å². The Morgan fingerprint density at radius 3 is 3.05 bits per heavy atom.